The van der Waals surface area contributed by atoms with Crippen LogP contribution in [0, 0.1) is 6.92 Å². The zero-order valence-corrected chi connectivity index (χ0v) is 11.4. The number of aromatic nitrogens is 2. The Bertz CT molecular complexity index is 602. The van der Waals surface area contributed by atoms with E-state index in [0.717, 1.165) is 24.4 Å². The van der Waals surface area contributed by atoms with Gasteiger partial charge in [0.05, 0.1) is 10.6 Å². The molecule has 0 atom stereocenters. The molecule has 0 amide bonds. The molecule has 0 fully saturated rings. The lowest BCUT2D eigenvalue weighted by atomic mass is 10.2. The molecule has 0 radical (unpaired) electrons. The third-order valence-corrected chi connectivity index (χ3v) is 3.09. The SMILES string of the molecule is CCCc1ncc(S)c(=O)n1-c1ccc(C)cc1. The third kappa shape index (κ3) is 2.48. The van der Waals surface area contributed by atoms with E-state index in [-0.39, 0.29) is 5.56 Å². The Morgan fingerprint density at radius 2 is 1.94 bits per heavy atom. The molecule has 0 N–H and O–H groups in total. The molecular formula is C14H16N2OS. The van der Waals surface area contributed by atoms with Gasteiger partial charge in [0.15, 0.2) is 0 Å². The fourth-order valence-electron chi connectivity index (χ4n) is 1.84. The Labute approximate surface area is 112 Å². The molecule has 2 rings (SSSR count). The largest absolute Gasteiger partial charge is 0.271 e. The normalized spacial score (nSPS) is 10.6. The number of thiol groups is 1. The van der Waals surface area contributed by atoms with Gasteiger partial charge in [0.2, 0.25) is 0 Å². The first-order valence-corrected chi connectivity index (χ1v) is 6.45. The van der Waals surface area contributed by atoms with Crippen molar-refractivity contribution in [3.63, 3.8) is 0 Å². The summed E-state index contributed by atoms with van der Waals surface area (Å²) in [6, 6.07) is 7.85. The first-order chi connectivity index (χ1) is 8.63. The van der Waals surface area contributed by atoms with Crippen LogP contribution in [0.5, 0.6) is 0 Å². The van der Waals surface area contributed by atoms with Crippen LogP contribution in [-0.4, -0.2) is 9.55 Å². The zero-order chi connectivity index (χ0) is 13.1. The Hall–Kier alpha value is -1.55. The molecule has 1 aromatic carbocycles. The number of rotatable bonds is 3. The topological polar surface area (TPSA) is 34.9 Å². The molecule has 1 aromatic heterocycles. The van der Waals surface area contributed by atoms with E-state index in [1.165, 1.54) is 11.8 Å². The second kappa shape index (κ2) is 5.40. The van der Waals surface area contributed by atoms with Gasteiger partial charge in [0, 0.05) is 12.6 Å². The average molecular weight is 260 g/mol. The lowest BCUT2D eigenvalue weighted by molar-refractivity contribution is 0.744. The summed E-state index contributed by atoms with van der Waals surface area (Å²) in [5.41, 5.74) is 1.90. The van der Waals surface area contributed by atoms with Crippen LogP contribution in [0.1, 0.15) is 24.7 Å². The first-order valence-electron chi connectivity index (χ1n) is 6.00. The molecule has 0 aliphatic carbocycles. The smallest absolute Gasteiger partial charge is 0.268 e. The van der Waals surface area contributed by atoms with Gasteiger partial charge in [0.1, 0.15) is 5.82 Å². The van der Waals surface area contributed by atoms with E-state index in [9.17, 15) is 4.79 Å². The van der Waals surface area contributed by atoms with Crippen LogP contribution >= 0.6 is 12.6 Å². The predicted molar refractivity (Wildman–Crippen MR) is 75.8 cm³/mol. The molecule has 0 spiro atoms. The van der Waals surface area contributed by atoms with Crippen LogP contribution in [0.3, 0.4) is 0 Å². The summed E-state index contributed by atoms with van der Waals surface area (Å²) in [7, 11) is 0. The maximum absolute atomic E-state index is 12.2. The van der Waals surface area contributed by atoms with E-state index in [1.54, 1.807) is 4.57 Å². The summed E-state index contributed by atoms with van der Waals surface area (Å²) in [5, 5.41) is 0. The Morgan fingerprint density at radius 1 is 1.28 bits per heavy atom. The van der Waals surface area contributed by atoms with Crippen molar-refractivity contribution in [2.75, 3.05) is 0 Å². The van der Waals surface area contributed by atoms with Gasteiger partial charge in [-0.2, -0.15) is 0 Å². The summed E-state index contributed by atoms with van der Waals surface area (Å²) < 4.78 is 1.64. The summed E-state index contributed by atoms with van der Waals surface area (Å²) in [6.07, 6.45) is 3.25. The Morgan fingerprint density at radius 3 is 2.56 bits per heavy atom. The van der Waals surface area contributed by atoms with Crippen LogP contribution in [-0.2, 0) is 6.42 Å². The number of nitrogens with zero attached hydrogens (tertiary/aromatic N) is 2. The van der Waals surface area contributed by atoms with Gasteiger partial charge < -0.3 is 0 Å². The molecule has 0 unspecified atom stereocenters. The molecule has 0 saturated carbocycles. The van der Waals surface area contributed by atoms with Crippen molar-refractivity contribution in [1.29, 1.82) is 0 Å². The molecular weight excluding hydrogens is 244 g/mol. The fraction of sp³-hybridized carbons (Fsp3) is 0.286. The zero-order valence-electron chi connectivity index (χ0n) is 10.6. The average Bonchev–Trinajstić information content (AvgIpc) is 2.36. The summed E-state index contributed by atoms with van der Waals surface area (Å²) >= 11 is 4.16. The molecule has 0 bridgehead atoms. The van der Waals surface area contributed by atoms with Gasteiger partial charge in [-0.15, -0.1) is 12.6 Å². The molecule has 4 heteroatoms. The molecule has 0 saturated heterocycles. The van der Waals surface area contributed by atoms with E-state index in [1.807, 2.05) is 31.2 Å². The number of aryl methyl sites for hydroxylation is 2. The number of hydrogen-bond acceptors (Lipinski definition) is 3. The molecule has 18 heavy (non-hydrogen) atoms. The minimum Gasteiger partial charge on any atom is -0.268 e. The molecule has 1 heterocycles. The van der Waals surface area contributed by atoms with Crippen molar-refractivity contribution in [3.05, 3.63) is 52.2 Å². The second-order valence-electron chi connectivity index (χ2n) is 4.29. The van der Waals surface area contributed by atoms with Gasteiger partial charge in [0.25, 0.3) is 5.56 Å². The van der Waals surface area contributed by atoms with Gasteiger partial charge in [-0.25, -0.2) is 4.98 Å². The van der Waals surface area contributed by atoms with E-state index in [2.05, 4.69) is 24.5 Å². The maximum Gasteiger partial charge on any atom is 0.271 e. The van der Waals surface area contributed by atoms with E-state index in [0.29, 0.717) is 4.90 Å². The van der Waals surface area contributed by atoms with Crippen molar-refractivity contribution in [3.8, 4) is 5.69 Å². The van der Waals surface area contributed by atoms with Crippen LogP contribution in [0.15, 0.2) is 40.2 Å². The minimum atomic E-state index is -0.111. The number of benzene rings is 1. The van der Waals surface area contributed by atoms with Crippen LogP contribution in [0.4, 0.5) is 0 Å². The molecule has 3 nitrogen and oxygen atoms in total. The van der Waals surface area contributed by atoms with Gasteiger partial charge in [-0.05, 0) is 25.5 Å². The Kier molecular flexibility index (Phi) is 3.87. The van der Waals surface area contributed by atoms with Gasteiger partial charge >= 0.3 is 0 Å². The summed E-state index contributed by atoms with van der Waals surface area (Å²) in [6.45, 7) is 4.09. The summed E-state index contributed by atoms with van der Waals surface area (Å²) in [4.78, 5) is 16.9. The van der Waals surface area contributed by atoms with Crippen molar-refractivity contribution in [2.24, 2.45) is 0 Å². The van der Waals surface area contributed by atoms with Gasteiger partial charge in [-0.3, -0.25) is 9.36 Å². The monoisotopic (exact) mass is 260 g/mol. The minimum absolute atomic E-state index is 0.111. The number of hydrogen-bond donors (Lipinski definition) is 1. The predicted octanol–water partition coefficient (Wildman–Crippen LogP) is 2.78. The molecule has 0 aliphatic heterocycles. The first kappa shape index (κ1) is 12.9. The van der Waals surface area contributed by atoms with E-state index in [4.69, 9.17) is 0 Å². The van der Waals surface area contributed by atoms with E-state index < -0.39 is 0 Å². The molecule has 2 aromatic rings. The lowest BCUT2D eigenvalue weighted by Crippen LogP contribution is -2.24. The van der Waals surface area contributed by atoms with Crippen molar-refractivity contribution < 1.29 is 0 Å². The highest BCUT2D eigenvalue weighted by molar-refractivity contribution is 7.80. The van der Waals surface area contributed by atoms with Crippen molar-refractivity contribution >= 4 is 12.6 Å². The molecule has 94 valence electrons. The standard InChI is InChI=1S/C14H16N2OS/c1-3-4-13-15-9-12(18)14(17)16(13)11-7-5-10(2)6-8-11/h5-9,18H,3-4H2,1-2H3. The second-order valence-corrected chi connectivity index (χ2v) is 4.77. The van der Waals surface area contributed by atoms with Crippen molar-refractivity contribution in [1.82, 2.24) is 9.55 Å². The Balaban J connectivity index is 2.64. The van der Waals surface area contributed by atoms with Crippen LogP contribution in [0.2, 0.25) is 0 Å². The molecule has 0 aliphatic rings. The van der Waals surface area contributed by atoms with Gasteiger partial charge in [-0.1, -0.05) is 24.6 Å². The third-order valence-electron chi connectivity index (χ3n) is 2.78. The van der Waals surface area contributed by atoms with E-state index >= 15 is 0 Å². The highest BCUT2D eigenvalue weighted by Crippen LogP contribution is 2.11. The fourth-order valence-corrected chi connectivity index (χ4v) is 2.00. The highest BCUT2D eigenvalue weighted by atomic mass is 32.1. The lowest BCUT2D eigenvalue weighted by Gasteiger charge is -2.12. The van der Waals surface area contributed by atoms with Crippen LogP contribution in [0.25, 0.3) is 5.69 Å². The summed E-state index contributed by atoms with van der Waals surface area (Å²) in [5.74, 6) is 0.782. The van der Waals surface area contributed by atoms with Crippen molar-refractivity contribution in [2.45, 2.75) is 31.6 Å². The highest BCUT2D eigenvalue weighted by Gasteiger charge is 2.09. The quantitative estimate of drug-likeness (QED) is 0.861. The van der Waals surface area contributed by atoms with Crippen LogP contribution < -0.4 is 5.56 Å². The maximum atomic E-state index is 12.2.